The quantitative estimate of drug-likeness (QED) is 0.823. The normalized spacial score (nSPS) is 11.6. The first-order chi connectivity index (χ1) is 7.76. The molecule has 0 aromatic heterocycles. The Balaban J connectivity index is 3.11. The highest BCUT2D eigenvalue weighted by Crippen LogP contribution is 2.28. The zero-order valence-electron chi connectivity index (χ0n) is 9.78. The van der Waals surface area contributed by atoms with Gasteiger partial charge in [0.15, 0.2) is 0 Å². The number of hydrogen-bond acceptors (Lipinski definition) is 4. The Morgan fingerprint density at radius 3 is 2.62 bits per heavy atom. The van der Waals surface area contributed by atoms with E-state index in [1.807, 2.05) is 19.1 Å². The van der Waals surface area contributed by atoms with Gasteiger partial charge in [0.1, 0.15) is 17.5 Å². The van der Waals surface area contributed by atoms with Crippen LogP contribution >= 0.6 is 0 Å². The molecular weight excluding hydrogens is 204 g/mol. The van der Waals surface area contributed by atoms with Gasteiger partial charge in [-0.05, 0) is 24.7 Å². The summed E-state index contributed by atoms with van der Waals surface area (Å²) < 4.78 is 10.4. The first-order valence-corrected chi connectivity index (χ1v) is 5.11. The molecule has 0 heterocycles. The summed E-state index contributed by atoms with van der Waals surface area (Å²) in [6, 6.07) is 7.24. The third-order valence-electron chi connectivity index (χ3n) is 2.29. The summed E-state index contributed by atoms with van der Waals surface area (Å²) in [6.07, 6.45) is 0. The van der Waals surface area contributed by atoms with Crippen LogP contribution in [0.25, 0.3) is 0 Å². The van der Waals surface area contributed by atoms with Crippen molar-refractivity contribution in [2.24, 2.45) is 0 Å². The Morgan fingerprint density at radius 2 is 2.12 bits per heavy atom. The topological polar surface area (TPSA) is 54.3 Å². The van der Waals surface area contributed by atoms with Crippen LogP contribution in [0.4, 0.5) is 0 Å². The predicted molar refractivity (Wildman–Crippen MR) is 61.6 cm³/mol. The molecule has 16 heavy (non-hydrogen) atoms. The van der Waals surface area contributed by atoms with Crippen LogP contribution in [0.2, 0.25) is 0 Å². The molecule has 4 nitrogen and oxygen atoms in total. The highest BCUT2D eigenvalue weighted by molar-refractivity contribution is 5.44. The number of benzene rings is 1. The maximum absolute atomic E-state index is 9.09. The van der Waals surface area contributed by atoms with E-state index in [9.17, 15) is 0 Å². The molecule has 0 bridgehead atoms. The minimum Gasteiger partial charge on any atom is -0.497 e. The van der Waals surface area contributed by atoms with Crippen molar-refractivity contribution in [3.8, 4) is 17.6 Å². The SMILES string of the molecule is CCNC(C#N)c1cc(OC)ccc1OC. The molecule has 0 aliphatic carbocycles. The molecule has 0 saturated heterocycles. The maximum atomic E-state index is 9.09. The molecular formula is C12H16N2O2. The summed E-state index contributed by atoms with van der Waals surface area (Å²) in [6.45, 7) is 2.68. The van der Waals surface area contributed by atoms with Crippen molar-refractivity contribution in [3.63, 3.8) is 0 Å². The van der Waals surface area contributed by atoms with Gasteiger partial charge in [0.25, 0.3) is 0 Å². The van der Waals surface area contributed by atoms with Gasteiger partial charge in [-0.2, -0.15) is 5.26 Å². The Kier molecular flexibility index (Phi) is 4.62. The number of hydrogen-bond donors (Lipinski definition) is 1. The zero-order chi connectivity index (χ0) is 12.0. The third kappa shape index (κ3) is 2.65. The van der Waals surface area contributed by atoms with Gasteiger partial charge >= 0.3 is 0 Å². The number of methoxy groups -OCH3 is 2. The van der Waals surface area contributed by atoms with Gasteiger partial charge in [0.05, 0.1) is 20.3 Å². The van der Waals surface area contributed by atoms with E-state index in [-0.39, 0.29) is 6.04 Å². The number of nitriles is 1. The van der Waals surface area contributed by atoms with Crippen LogP contribution in [-0.2, 0) is 0 Å². The first kappa shape index (κ1) is 12.3. The van der Waals surface area contributed by atoms with Crippen LogP contribution in [0.1, 0.15) is 18.5 Å². The van der Waals surface area contributed by atoms with E-state index in [1.165, 1.54) is 0 Å². The van der Waals surface area contributed by atoms with Crippen molar-refractivity contribution in [2.75, 3.05) is 20.8 Å². The Labute approximate surface area is 95.8 Å². The molecule has 1 N–H and O–H groups in total. The average Bonchev–Trinajstić information content (AvgIpc) is 2.35. The zero-order valence-corrected chi connectivity index (χ0v) is 9.78. The number of ether oxygens (including phenoxy) is 2. The van der Waals surface area contributed by atoms with Gasteiger partial charge in [0.2, 0.25) is 0 Å². The van der Waals surface area contributed by atoms with Crippen LogP contribution in [0, 0.1) is 11.3 Å². The molecule has 1 atom stereocenters. The molecule has 1 unspecified atom stereocenters. The summed E-state index contributed by atoms with van der Waals surface area (Å²) in [5, 5.41) is 12.2. The fraction of sp³-hybridized carbons (Fsp3) is 0.417. The van der Waals surface area contributed by atoms with E-state index in [0.717, 1.165) is 12.1 Å². The molecule has 4 heteroatoms. The lowest BCUT2D eigenvalue weighted by atomic mass is 10.1. The number of nitrogens with zero attached hydrogens (tertiary/aromatic N) is 1. The molecule has 0 saturated carbocycles. The van der Waals surface area contributed by atoms with Crippen molar-refractivity contribution in [2.45, 2.75) is 13.0 Å². The molecule has 0 amide bonds. The van der Waals surface area contributed by atoms with Crippen LogP contribution in [0.5, 0.6) is 11.5 Å². The molecule has 1 aromatic rings. The van der Waals surface area contributed by atoms with Crippen molar-refractivity contribution >= 4 is 0 Å². The van der Waals surface area contributed by atoms with Gasteiger partial charge in [-0.3, -0.25) is 5.32 Å². The lowest BCUT2D eigenvalue weighted by Gasteiger charge is -2.15. The van der Waals surface area contributed by atoms with Gasteiger partial charge in [0, 0.05) is 5.56 Å². The third-order valence-corrected chi connectivity index (χ3v) is 2.29. The number of rotatable bonds is 5. The summed E-state index contributed by atoms with van der Waals surface area (Å²) in [5.74, 6) is 1.40. The minimum absolute atomic E-state index is 0.380. The molecule has 0 fully saturated rings. The monoisotopic (exact) mass is 220 g/mol. The van der Waals surface area contributed by atoms with Crippen LogP contribution in [0.3, 0.4) is 0 Å². The first-order valence-electron chi connectivity index (χ1n) is 5.11. The maximum Gasteiger partial charge on any atom is 0.125 e. The van der Waals surface area contributed by atoms with Gasteiger partial charge in [-0.15, -0.1) is 0 Å². The summed E-state index contributed by atoms with van der Waals surface area (Å²) in [5.41, 5.74) is 0.797. The highest BCUT2D eigenvalue weighted by atomic mass is 16.5. The van der Waals surface area contributed by atoms with E-state index in [4.69, 9.17) is 14.7 Å². The van der Waals surface area contributed by atoms with E-state index in [1.54, 1.807) is 20.3 Å². The highest BCUT2D eigenvalue weighted by Gasteiger charge is 2.15. The molecule has 1 rings (SSSR count). The molecule has 0 aliphatic heterocycles. The van der Waals surface area contributed by atoms with Crippen molar-refractivity contribution in [1.82, 2.24) is 5.32 Å². The fourth-order valence-electron chi connectivity index (χ4n) is 1.49. The van der Waals surface area contributed by atoms with E-state index < -0.39 is 0 Å². The second-order valence-electron chi connectivity index (χ2n) is 3.23. The number of nitrogens with one attached hydrogen (secondary N) is 1. The second kappa shape index (κ2) is 5.99. The summed E-state index contributed by atoms with van der Waals surface area (Å²) in [4.78, 5) is 0. The Bertz CT molecular complexity index is 385. The van der Waals surface area contributed by atoms with Crippen molar-refractivity contribution < 1.29 is 9.47 Å². The van der Waals surface area contributed by atoms with Crippen LogP contribution in [-0.4, -0.2) is 20.8 Å². The second-order valence-corrected chi connectivity index (χ2v) is 3.23. The fourth-order valence-corrected chi connectivity index (χ4v) is 1.49. The van der Waals surface area contributed by atoms with Gasteiger partial charge in [-0.25, -0.2) is 0 Å². The molecule has 0 spiro atoms. The smallest absolute Gasteiger partial charge is 0.125 e. The van der Waals surface area contributed by atoms with E-state index in [2.05, 4.69) is 11.4 Å². The molecule has 0 radical (unpaired) electrons. The van der Waals surface area contributed by atoms with E-state index >= 15 is 0 Å². The molecule has 86 valence electrons. The predicted octanol–water partition coefficient (Wildman–Crippen LogP) is 1.88. The van der Waals surface area contributed by atoms with Gasteiger partial charge in [-0.1, -0.05) is 6.92 Å². The summed E-state index contributed by atoms with van der Waals surface area (Å²) >= 11 is 0. The molecule has 1 aromatic carbocycles. The van der Waals surface area contributed by atoms with Crippen LogP contribution < -0.4 is 14.8 Å². The van der Waals surface area contributed by atoms with E-state index in [0.29, 0.717) is 11.5 Å². The average molecular weight is 220 g/mol. The van der Waals surface area contributed by atoms with Crippen LogP contribution in [0.15, 0.2) is 18.2 Å². The lowest BCUT2D eigenvalue weighted by molar-refractivity contribution is 0.395. The Hall–Kier alpha value is -1.73. The molecule has 0 aliphatic rings. The van der Waals surface area contributed by atoms with Crippen molar-refractivity contribution in [1.29, 1.82) is 5.26 Å². The van der Waals surface area contributed by atoms with Gasteiger partial charge < -0.3 is 9.47 Å². The standard InChI is InChI=1S/C12H16N2O2/c1-4-14-11(8-13)10-7-9(15-2)5-6-12(10)16-3/h5-7,11,14H,4H2,1-3H3. The van der Waals surface area contributed by atoms with Crippen molar-refractivity contribution in [3.05, 3.63) is 23.8 Å². The Morgan fingerprint density at radius 1 is 1.38 bits per heavy atom. The summed E-state index contributed by atoms with van der Waals surface area (Å²) in [7, 11) is 3.19. The lowest BCUT2D eigenvalue weighted by Crippen LogP contribution is -2.19. The largest absolute Gasteiger partial charge is 0.497 e. The minimum atomic E-state index is -0.380.